The van der Waals surface area contributed by atoms with Crippen molar-refractivity contribution in [1.29, 1.82) is 0 Å². The zero-order valence-corrected chi connectivity index (χ0v) is 19.1. The van der Waals surface area contributed by atoms with Crippen molar-refractivity contribution < 1.29 is 9.47 Å². The third-order valence-electron chi connectivity index (χ3n) is 5.29. The first kappa shape index (κ1) is 21.9. The third kappa shape index (κ3) is 5.12. The normalized spacial score (nSPS) is 11.2. The molecule has 0 atom stereocenters. The SMILES string of the molecule is CCOc1cc(C=Nc2ccc(CC)cc2)cc(Cl)c1OCc1cccc2ccccc12. The molecule has 0 unspecified atom stereocenters. The van der Waals surface area contributed by atoms with E-state index in [4.69, 9.17) is 21.1 Å². The molecule has 0 aliphatic heterocycles. The monoisotopic (exact) mass is 443 g/mol. The minimum Gasteiger partial charge on any atom is -0.490 e. The molecule has 3 nitrogen and oxygen atoms in total. The molecule has 0 aliphatic carbocycles. The maximum atomic E-state index is 6.61. The number of hydrogen-bond donors (Lipinski definition) is 0. The van der Waals surface area contributed by atoms with Crippen molar-refractivity contribution in [2.75, 3.05) is 6.61 Å². The summed E-state index contributed by atoms with van der Waals surface area (Å²) < 4.78 is 12.0. The zero-order chi connectivity index (χ0) is 22.3. The fourth-order valence-electron chi connectivity index (χ4n) is 3.60. The Morgan fingerprint density at radius 1 is 0.875 bits per heavy atom. The molecule has 162 valence electrons. The molecule has 0 fully saturated rings. The minimum absolute atomic E-state index is 0.401. The van der Waals surface area contributed by atoms with Crippen LogP contribution in [0, 0.1) is 0 Å². The molecule has 0 radical (unpaired) electrons. The smallest absolute Gasteiger partial charge is 0.180 e. The van der Waals surface area contributed by atoms with Gasteiger partial charge in [-0.25, -0.2) is 0 Å². The van der Waals surface area contributed by atoms with Gasteiger partial charge in [0.05, 0.1) is 17.3 Å². The molecule has 4 aromatic rings. The molecule has 0 aliphatic rings. The molecule has 0 N–H and O–H groups in total. The third-order valence-corrected chi connectivity index (χ3v) is 5.57. The zero-order valence-electron chi connectivity index (χ0n) is 18.3. The molecule has 4 aromatic carbocycles. The average Bonchev–Trinajstić information content (AvgIpc) is 2.83. The molecule has 0 amide bonds. The van der Waals surface area contributed by atoms with E-state index >= 15 is 0 Å². The average molecular weight is 444 g/mol. The van der Waals surface area contributed by atoms with Crippen molar-refractivity contribution in [2.45, 2.75) is 26.9 Å². The number of rotatable bonds is 8. The molecule has 4 heteroatoms. The Kier molecular flexibility index (Phi) is 7.08. The number of aryl methyl sites for hydroxylation is 1. The number of ether oxygens (including phenoxy) is 2. The highest BCUT2D eigenvalue weighted by molar-refractivity contribution is 6.32. The van der Waals surface area contributed by atoms with E-state index in [9.17, 15) is 0 Å². The highest BCUT2D eigenvalue weighted by Gasteiger charge is 2.13. The fourth-order valence-corrected chi connectivity index (χ4v) is 3.87. The lowest BCUT2D eigenvalue weighted by molar-refractivity contribution is 0.270. The van der Waals surface area contributed by atoms with Crippen molar-refractivity contribution in [2.24, 2.45) is 4.99 Å². The van der Waals surface area contributed by atoms with Gasteiger partial charge >= 0.3 is 0 Å². The molecule has 4 rings (SSSR count). The van der Waals surface area contributed by atoms with Gasteiger partial charge in [-0.3, -0.25) is 4.99 Å². The summed E-state index contributed by atoms with van der Waals surface area (Å²) in [6, 6.07) is 26.5. The Labute approximate surface area is 194 Å². The van der Waals surface area contributed by atoms with Gasteiger partial charge in [-0.15, -0.1) is 0 Å². The topological polar surface area (TPSA) is 30.8 Å². The molecule has 0 saturated carbocycles. The Bertz CT molecular complexity index is 1230. The van der Waals surface area contributed by atoms with Crippen LogP contribution in [0.15, 0.2) is 83.9 Å². The van der Waals surface area contributed by atoms with Crippen molar-refractivity contribution in [1.82, 2.24) is 0 Å². The first-order valence-corrected chi connectivity index (χ1v) is 11.2. The largest absolute Gasteiger partial charge is 0.490 e. The van der Waals surface area contributed by atoms with Gasteiger partial charge in [-0.05, 0) is 65.1 Å². The number of halogens is 1. The maximum absolute atomic E-state index is 6.61. The quantitative estimate of drug-likeness (QED) is 0.260. The predicted molar refractivity (Wildman–Crippen MR) is 134 cm³/mol. The van der Waals surface area contributed by atoms with Gasteiger partial charge < -0.3 is 9.47 Å². The highest BCUT2D eigenvalue weighted by atomic mass is 35.5. The number of benzene rings is 4. The number of fused-ring (bicyclic) bond motifs is 1. The van der Waals surface area contributed by atoms with Crippen LogP contribution in [0.3, 0.4) is 0 Å². The van der Waals surface area contributed by atoms with Crippen LogP contribution < -0.4 is 9.47 Å². The van der Waals surface area contributed by atoms with E-state index in [1.807, 2.05) is 49.4 Å². The fraction of sp³-hybridized carbons (Fsp3) is 0.179. The second-order valence-corrected chi connectivity index (χ2v) is 7.88. The standard InChI is InChI=1S/C28H26ClNO2/c1-3-20-12-14-24(15-13-20)30-18-21-16-26(29)28(27(17-21)31-4-2)32-19-23-10-7-9-22-8-5-6-11-25(22)23/h5-18H,3-4,19H2,1-2H3. The molecular formula is C28H26ClNO2. The van der Waals surface area contributed by atoms with Gasteiger partial charge in [0.2, 0.25) is 0 Å². The lowest BCUT2D eigenvalue weighted by Gasteiger charge is -2.15. The lowest BCUT2D eigenvalue weighted by atomic mass is 10.1. The number of hydrogen-bond acceptors (Lipinski definition) is 3. The molecule has 0 spiro atoms. The van der Waals surface area contributed by atoms with Gasteiger partial charge in [0, 0.05) is 6.21 Å². The van der Waals surface area contributed by atoms with Crippen LogP contribution in [-0.2, 0) is 13.0 Å². The Morgan fingerprint density at radius 2 is 1.66 bits per heavy atom. The van der Waals surface area contributed by atoms with Crippen molar-refractivity contribution in [3.8, 4) is 11.5 Å². The van der Waals surface area contributed by atoms with Gasteiger partial charge in [-0.2, -0.15) is 0 Å². The van der Waals surface area contributed by atoms with Crippen LogP contribution in [0.25, 0.3) is 10.8 Å². The summed E-state index contributed by atoms with van der Waals surface area (Å²) in [6.07, 6.45) is 2.81. The van der Waals surface area contributed by atoms with E-state index < -0.39 is 0 Å². The Balaban J connectivity index is 1.57. The van der Waals surface area contributed by atoms with Crippen LogP contribution >= 0.6 is 11.6 Å². The van der Waals surface area contributed by atoms with E-state index in [0.29, 0.717) is 29.7 Å². The van der Waals surface area contributed by atoms with Crippen LogP contribution in [0.2, 0.25) is 5.02 Å². The molecule has 32 heavy (non-hydrogen) atoms. The number of nitrogens with zero attached hydrogens (tertiary/aromatic N) is 1. The van der Waals surface area contributed by atoms with Crippen molar-refractivity contribution in [3.05, 3.63) is 101 Å². The molecule has 0 aromatic heterocycles. The summed E-state index contributed by atoms with van der Waals surface area (Å²) in [6.45, 7) is 5.00. The molecular weight excluding hydrogens is 418 g/mol. The minimum atomic E-state index is 0.401. The first-order valence-electron chi connectivity index (χ1n) is 10.9. The van der Waals surface area contributed by atoms with Crippen LogP contribution in [0.4, 0.5) is 5.69 Å². The number of aliphatic imine (C=N–C) groups is 1. The summed E-state index contributed by atoms with van der Waals surface area (Å²) in [4.78, 5) is 4.57. The second-order valence-electron chi connectivity index (χ2n) is 7.47. The summed E-state index contributed by atoms with van der Waals surface area (Å²) >= 11 is 6.61. The van der Waals surface area contributed by atoms with Gasteiger partial charge in [0.15, 0.2) is 11.5 Å². The predicted octanol–water partition coefficient (Wildman–Crippen LogP) is 7.78. The lowest BCUT2D eigenvalue weighted by Crippen LogP contribution is -2.02. The van der Waals surface area contributed by atoms with Crippen LogP contribution in [0.5, 0.6) is 11.5 Å². The van der Waals surface area contributed by atoms with E-state index in [0.717, 1.165) is 23.2 Å². The maximum Gasteiger partial charge on any atom is 0.180 e. The summed E-state index contributed by atoms with van der Waals surface area (Å²) in [5, 5.41) is 2.85. The summed E-state index contributed by atoms with van der Waals surface area (Å²) in [5.41, 5.74) is 4.14. The van der Waals surface area contributed by atoms with E-state index in [1.165, 1.54) is 16.3 Å². The second kappa shape index (κ2) is 10.3. The van der Waals surface area contributed by atoms with Crippen molar-refractivity contribution >= 4 is 34.3 Å². The van der Waals surface area contributed by atoms with Gasteiger partial charge in [0.25, 0.3) is 0 Å². The van der Waals surface area contributed by atoms with E-state index in [-0.39, 0.29) is 0 Å². The van der Waals surface area contributed by atoms with E-state index in [1.54, 1.807) is 6.21 Å². The van der Waals surface area contributed by atoms with Gasteiger partial charge in [-0.1, -0.05) is 73.1 Å². The molecule has 0 heterocycles. The molecule has 0 saturated heterocycles. The van der Waals surface area contributed by atoms with Crippen molar-refractivity contribution in [3.63, 3.8) is 0 Å². The molecule has 0 bridgehead atoms. The van der Waals surface area contributed by atoms with Gasteiger partial charge in [0.1, 0.15) is 6.61 Å². The van der Waals surface area contributed by atoms with Crippen LogP contribution in [0.1, 0.15) is 30.5 Å². The summed E-state index contributed by atoms with van der Waals surface area (Å²) in [5.74, 6) is 1.16. The highest BCUT2D eigenvalue weighted by Crippen LogP contribution is 2.37. The summed E-state index contributed by atoms with van der Waals surface area (Å²) in [7, 11) is 0. The first-order chi connectivity index (χ1) is 15.7. The van der Waals surface area contributed by atoms with E-state index in [2.05, 4.69) is 48.3 Å². The Morgan fingerprint density at radius 3 is 2.44 bits per heavy atom. The Hall–Kier alpha value is -3.30. The van der Waals surface area contributed by atoms with Crippen LogP contribution in [-0.4, -0.2) is 12.8 Å².